The van der Waals surface area contributed by atoms with E-state index in [0.717, 1.165) is 64.2 Å². The Labute approximate surface area is 312 Å². The summed E-state index contributed by atoms with van der Waals surface area (Å²) in [6.07, 6.45) is 10.9. The second kappa shape index (κ2) is 24.5. The van der Waals surface area contributed by atoms with Crippen molar-refractivity contribution in [1.82, 2.24) is 26.2 Å². The number of rotatable bonds is 14. The summed E-state index contributed by atoms with van der Waals surface area (Å²) in [6, 6.07) is -4.50. The Hall–Kier alpha value is -2.81. The van der Waals surface area contributed by atoms with E-state index in [1.807, 2.05) is 20.8 Å². The summed E-state index contributed by atoms with van der Waals surface area (Å²) >= 11 is 0. The monoisotopic (exact) mass is 738 g/mol. The highest BCUT2D eigenvalue weighted by Crippen LogP contribution is 2.27. The van der Waals surface area contributed by atoms with Crippen LogP contribution in [0.25, 0.3) is 0 Å². The van der Waals surface area contributed by atoms with E-state index >= 15 is 0 Å². The van der Waals surface area contributed by atoms with Crippen LogP contribution >= 0.6 is 0 Å². The van der Waals surface area contributed by atoms with E-state index in [9.17, 15) is 24.0 Å². The van der Waals surface area contributed by atoms with Gasteiger partial charge >= 0.3 is 0 Å². The summed E-state index contributed by atoms with van der Waals surface area (Å²) in [6.45, 7) is 9.71. The second-order valence-corrected chi connectivity index (χ2v) is 15.0. The zero-order chi connectivity index (χ0) is 38.6. The lowest BCUT2D eigenvalue weighted by Crippen LogP contribution is -2.62. The van der Waals surface area contributed by atoms with Gasteiger partial charge in [0.2, 0.25) is 29.5 Å². The number of hydrogen-bond acceptors (Lipinski definition) is 9. The van der Waals surface area contributed by atoms with Gasteiger partial charge in [-0.2, -0.15) is 0 Å². The zero-order valence-corrected chi connectivity index (χ0v) is 32.9. The van der Waals surface area contributed by atoms with E-state index in [1.165, 1.54) is 4.90 Å². The molecule has 2 aliphatic rings. The Morgan fingerprint density at radius 2 is 1.46 bits per heavy atom. The summed E-state index contributed by atoms with van der Waals surface area (Å²) in [4.78, 5) is 71.1. The van der Waals surface area contributed by atoms with Crippen LogP contribution in [-0.4, -0.2) is 110 Å². The highest BCUT2D eigenvalue weighted by atomic mass is 16.5. The van der Waals surface area contributed by atoms with Gasteiger partial charge in [-0.3, -0.25) is 24.0 Å². The molecule has 1 aliphatic heterocycles. The van der Waals surface area contributed by atoms with Gasteiger partial charge in [-0.1, -0.05) is 78.6 Å². The molecule has 0 radical (unpaired) electrons. The van der Waals surface area contributed by atoms with Gasteiger partial charge in [0.1, 0.15) is 24.2 Å². The molecule has 1 aliphatic carbocycles. The first kappa shape index (κ1) is 45.3. The first-order valence-electron chi connectivity index (χ1n) is 20.0. The maximum Gasteiger partial charge on any atom is 0.245 e. The van der Waals surface area contributed by atoms with Crippen LogP contribution in [0.1, 0.15) is 125 Å². The number of likely N-dealkylation sites (N-methyl/N-ethyl adjacent to an activating group) is 1. The minimum absolute atomic E-state index is 0.125. The Bertz CT molecular complexity index is 1100. The van der Waals surface area contributed by atoms with Crippen molar-refractivity contribution >= 4 is 29.5 Å². The molecule has 0 aromatic rings. The van der Waals surface area contributed by atoms with Gasteiger partial charge < -0.3 is 47.1 Å². The Kier molecular flexibility index (Phi) is 21.4. The molecule has 1 saturated carbocycles. The van der Waals surface area contributed by atoms with E-state index < -0.39 is 65.9 Å². The van der Waals surface area contributed by atoms with Crippen molar-refractivity contribution in [2.24, 2.45) is 23.3 Å². The fourth-order valence-electron chi connectivity index (χ4n) is 7.13. The Morgan fingerprint density at radius 1 is 0.808 bits per heavy atom. The highest BCUT2D eigenvalue weighted by molar-refractivity contribution is 5.96. The van der Waals surface area contributed by atoms with E-state index in [0.29, 0.717) is 32.2 Å². The lowest BCUT2D eigenvalue weighted by Gasteiger charge is -2.34. The van der Waals surface area contributed by atoms with Crippen LogP contribution in [0.2, 0.25) is 0 Å². The molecule has 0 aromatic carbocycles. The number of nitrogens with zero attached hydrogens (tertiary/aromatic N) is 1. The SMILES string of the molecule is CCCCCC[C@H]1OC[C@H](C)NC(=O)[C@H](CO[C@H](C)CCN)NC(=O)[C@H](CN)NC(=O)[C@H](C2CCCCCC2)NC(=O)[C@H](CCC)N(C)C(=O)[C@@H]1C. The van der Waals surface area contributed by atoms with Crippen molar-refractivity contribution in [3.8, 4) is 0 Å². The van der Waals surface area contributed by atoms with Gasteiger partial charge in [0, 0.05) is 19.6 Å². The largest absolute Gasteiger partial charge is 0.376 e. The average molecular weight is 738 g/mol. The quantitative estimate of drug-likeness (QED) is 0.114. The minimum atomic E-state index is -1.18. The predicted octanol–water partition coefficient (Wildman–Crippen LogP) is 2.26. The summed E-state index contributed by atoms with van der Waals surface area (Å²) in [5.74, 6) is -3.02. The maximum absolute atomic E-state index is 14.1. The van der Waals surface area contributed by atoms with Gasteiger partial charge in [-0.15, -0.1) is 0 Å². The van der Waals surface area contributed by atoms with Crippen LogP contribution in [0.5, 0.6) is 0 Å². The molecular weight excluding hydrogens is 666 g/mol. The Morgan fingerprint density at radius 3 is 2.08 bits per heavy atom. The van der Waals surface area contributed by atoms with Crippen molar-refractivity contribution in [3.63, 3.8) is 0 Å². The molecule has 14 heteroatoms. The topological polar surface area (TPSA) is 207 Å². The summed E-state index contributed by atoms with van der Waals surface area (Å²) < 4.78 is 12.3. The third kappa shape index (κ3) is 14.9. The molecule has 0 unspecified atom stereocenters. The number of amides is 5. The molecule has 300 valence electrons. The minimum Gasteiger partial charge on any atom is -0.376 e. The van der Waals surface area contributed by atoms with Crippen molar-refractivity contribution in [2.45, 2.75) is 167 Å². The van der Waals surface area contributed by atoms with Gasteiger partial charge in [0.05, 0.1) is 31.3 Å². The van der Waals surface area contributed by atoms with Crippen molar-refractivity contribution in [1.29, 1.82) is 0 Å². The fraction of sp³-hybridized carbons (Fsp3) is 0.868. The van der Waals surface area contributed by atoms with Gasteiger partial charge in [-0.25, -0.2) is 0 Å². The number of carbonyl (C=O) groups is 5. The smallest absolute Gasteiger partial charge is 0.245 e. The predicted molar refractivity (Wildman–Crippen MR) is 202 cm³/mol. The molecule has 2 fully saturated rings. The zero-order valence-electron chi connectivity index (χ0n) is 32.9. The molecule has 52 heavy (non-hydrogen) atoms. The second-order valence-electron chi connectivity index (χ2n) is 15.0. The van der Waals surface area contributed by atoms with E-state index in [2.05, 4.69) is 28.2 Å². The van der Waals surface area contributed by atoms with E-state index in [-0.39, 0.29) is 37.7 Å². The third-order valence-corrected chi connectivity index (χ3v) is 10.5. The van der Waals surface area contributed by atoms with Crippen molar-refractivity contribution < 1.29 is 33.4 Å². The van der Waals surface area contributed by atoms with E-state index in [1.54, 1.807) is 14.0 Å². The van der Waals surface area contributed by atoms with Crippen LogP contribution in [0.3, 0.4) is 0 Å². The molecular formula is C38H71N7O7. The molecule has 14 nitrogen and oxygen atoms in total. The number of ether oxygens (including phenoxy) is 2. The molecule has 1 saturated heterocycles. The molecule has 8 N–H and O–H groups in total. The van der Waals surface area contributed by atoms with Gasteiger partial charge in [0.25, 0.3) is 0 Å². The molecule has 0 bridgehead atoms. The summed E-state index contributed by atoms with van der Waals surface area (Å²) in [5.41, 5.74) is 11.7. The summed E-state index contributed by atoms with van der Waals surface area (Å²) in [7, 11) is 1.64. The van der Waals surface area contributed by atoms with Crippen LogP contribution in [0.15, 0.2) is 0 Å². The lowest BCUT2D eigenvalue weighted by atomic mass is 9.90. The van der Waals surface area contributed by atoms with Crippen LogP contribution in [0, 0.1) is 11.8 Å². The fourth-order valence-corrected chi connectivity index (χ4v) is 7.13. The summed E-state index contributed by atoms with van der Waals surface area (Å²) in [5, 5.41) is 11.5. The van der Waals surface area contributed by atoms with Crippen LogP contribution in [-0.2, 0) is 33.4 Å². The molecule has 8 atom stereocenters. The normalized spacial score (nSPS) is 29.1. The van der Waals surface area contributed by atoms with Crippen LogP contribution in [0.4, 0.5) is 0 Å². The van der Waals surface area contributed by atoms with E-state index in [4.69, 9.17) is 20.9 Å². The number of hydrogen-bond donors (Lipinski definition) is 6. The molecule has 5 amide bonds. The number of unbranched alkanes of at least 4 members (excludes halogenated alkanes) is 3. The first-order valence-corrected chi connectivity index (χ1v) is 20.0. The molecule has 0 aromatic heterocycles. The number of carbonyl (C=O) groups excluding carboxylic acids is 5. The van der Waals surface area contributed by atoms with Crippen molar-refractivity contribution in [3.05, 3.63) is 0 Å². The lowest BCUT2D eigenvalue weighted by molar-refractivity contribution is -0.147. The average Bonchev–Trinajstić information content (AvgIpc) is 3.41. The highest BCUT2D eigenvalue weighted by Gasteiger charge is 2.38. The Balaban J connectivity index is 2.55. The van der Waals surface area contributed by atoms with Gasteiger partial charge in [-0.05, 0) is 58.4 Å². The molecule has 2 rings (SSSR count). The van der Waals surface area contributed by atoms with Crippen LogP contribution < -0.4 is 32.7 Å². The molecule has 1 heterocycles. The first-order chi connectivity index (χ1) is 24.9. The maximum atomic E-state index is 14.1. The molecule has 0 spiro atoms. The third-order valence-electron chi connectivity index (χ3n) is 10.5. The number of nitrogens with two attached hydrogens (primary N) is 2. The van der Waals surface area contributed by atoms with Crippen molar-refractivity contribution in [2.75, 3.05) is 33.4 Å². The number of nitrogens with one attached hydrogen (secondary N) is 4. The van der Waals surface area contributed by atoms with Gasteiger partial charge in [0.15, 0.2) is 0 Å². The standard InChI is InChI=1S/C38H71N7O7/c1-7-9-10-15-19-32-27(5)38(50)45(6)31(16-8-2)36(48)44-33(28-17-13-11-12-14-18-28)37(49)42-29(22-40)34(46)43-30(24-51-26(4)20-21-39)35(47)41-25(3)23-52-32/h25-33H,7-24,39-40H2,1-6H3,(H,41,47)(H,42,49)(H,43,46)(H,44,48)/t25-,26+,27+,29-,30-,31-,32+,33-/m0/s1.